The molecule has 0 fully saturated rings. The number of amides is 1. The Morgan fingerprint density at radius 3 is 1.88 bits per heavy atom. The van der Waals surface area contributed by atoms with Gasteiger partial charge in [0.05, 0.1) is 22.9 Å². The standard InChI is InChI=1S/C31H24F8N2O/c1-28(31(37,38)39,21-10-6-3-7-11-21)27(42)41-19-29(17-20-8-4-2-5-9-20,26-13-12-24(32)18-40-26)22-14-23(30(34,35)36)16-25(33)15-22/h2-16,18H,17,19H2,1H3,(H,41,42)/t28-,29+/m1/s1. The van der Waals surface area contributed by atoms with Crippen molar-refractivity contribution < 1.29 is 39.9 Å². The zero-order chi connectivity index (χ0) is 30.8. The first-order valence-electron chi connectivity index (χ1n) is 12.6. The number of carbonyl (C=O) groups is 1. The number of hydrogen-bond donors (Lipinski definition) is 1. The summed E-state index contributed by atoms with van der Waals surface area (Å²) in [6.45, 7) is -0.0464. The number of rotatable bonds is 8. The molecule has 1 N–H and O–H groups in total. The number of nitrogens with zero attached hydrogens (tertiary/aromatic N) is 1. The average molecular weight is 593 g/mol. The maximum atomic E-state index is 14.8. The Kier molecular flexibility index (Phi) is 8.43. The van der Waals surface area contributed by atoms with Gasteiger partial charge in [0.2, 0.25) is 5.91 Å². The predicted octanol–water partition coefficient (Wildman–Crippen LogP) is 7.54. The van der Waals surface area contributed by atoms with Crippen LogP contribution in [0.25, 0.3) is 0 Å². The Balaban J connectivity index is 1.92. The summed E-state index contributed by atoms with van der Waals surface area (Å²) in [5, 5.41) is 2.28. The van der Waals surface area contributed by atoms with E-state index in [9.17, 15) is 39.9 Å². The van der Waals surface area contributed by atoms with Crippen LogP contribution in [0.5, 0.6) is 0 Å². The van der Waals surface area contributed by atoms with Crippen molar-refractivity contribution in [3.8, 4) is 0 Å². The molecule has 0 bridgehead atoms. The number of carbonyl (C=O) groups excluding carboxylic acids is 1. The molecular weight excluding hydrogens is 568 g/mol. The summed E-state index contributed by atoms with van der Waals surface area (Å²) in [7, 11) is 0. The highest BCUT2D eigenvalue weighted by Gasteiger charge is 2.58. The van der Waals surface area contributed by atoms with E-state index in [4.69, 9.17) is 0 Å². The molecule has 11 heteroatoms. The van der Waals surface area contributed by atoms with Crippen molar-refractivity contribution in [2.24, 2.45) is 0 Å². The van der Waals surface area contributed by atoms with Gasteiger partial charge in [-0.05, 0) is 60.4 Å². The van der Waals surface area contributed by atoms with Crippen LogP contribution >= 0.6 is 0 Å². The maximum Gasteiger partial charge on any atom is 0.416 e. The monoisotopic (exact) mass is 592 g/mol. The van der Waals surface area contributed by atoms with Gasteiger partial charge < -0.3 is 5.32 Å². The van der Waals surface area contributed by atoms with E-state index in [2.05, 4.69) is 10.3 Å². The molecule has 1 aromatic heterocycles. The van der Waals surface area contributed by atoms with Gasteiger partial charge in [0.15, 0.2) is 5.41 Å². The first kappa shape index (κ1) is 30.7. The summed E-state index contributed by atoms with van der Waals surface area (Å²) in [4.78, 5) is 17.5. The van der Waals surface area contributed by atoms with E-state index in [1.165, 1.54) is 18.2 Å². The van der Waals surface area contributed by atoms with Crippen LogP contribution in [0, 0.1) is 11.6 Å². The van der Waals surface area contributed by atoms with Gasteiger partial charge in [0.1, 0.15) is 11.6 Å². The van der Waals surface area contributed by atoms with Crippen LogP contribution in [0.2, 0.25) is 0 Å². The number of alkyl halides is 6. The lowest BCUT2D eigenvalue weighted by Crippen LogP contribution is -2.55. The molecule has 4 aromatic rings. The molecule has 0 aliphatic heterocycles. The van der Waals surface area contributed by atoms with Crippen molar-refractivity contribution in [1.82, 2.24) is 10.3 Å². The van der Waals surface area contributed by atoms with Crippen molar-refractivity contribution in [1.29, 1.82) is 0 Å². The third-order valence-corrected chi connectivity index (χ3v) is 7.27. The molecule has 0 radical (unpaired) electrons. The molecule has 0 aliphatic carbocycles. The smallest absolute Gasteiger partial charge is 0.354 e. The molecule has 3 nitrogen and oxygen atoms in total. The Morgan fingerprint density at radius 1 is 0.738 bits per heavy atom. The fourth-order valence-corrected chi connectivity index (χ4v) is 4.83. The van der Waals surface area contributed by atoms with Gasteiger partial charge in [0, 0.05) is 6.54 Å². The zero-order valence-corrected chi connectivity index (χ0v) is 22.0. The second-order valence-electron chi connectivity index (χ2n) is 10.0. The molecule has 1 heterocycles. The van der Waals surface area contributed by atoms with E-state index in [0.717, 1.165) is 36.5 Å². The number of pyridine rings is 1. The van der Waals surface area contributed by atoms with E-state index in [0.29, 0.717) is 18.6 Å². The topological polar surface area (TPSA) is 42.0 Å². The van der Waals surface area contributed by atoms with Crippen molar-refractivity contribution in [3.05, 3.63) is 137 Å². The summed E-state index contributed by atoms with van der Waals surface area (Å²) < 4.78 is 113. The van der Waals surface area contributed by atoms with Gasteiger partial charge in [-0.25, -0.2) is 8.78 Å². The SMILES string of the molecule is C[C@](C(=O)NC[C@@](Cc1ccccc1)(c1cc(F)cc(C(F)(F)F)c1)c1ccc(F)cn1)(c1ccccc1)C(F)(F)F. The third kappa shape index (κ3) is 6.14. The lowest BCUT2D eigenvalue weighted by molar-refractivity contribution is -0.191. The Hall–Kier alpha value is -4.28. The molecule has 42 heavy (non-hydrogen) atoms. The first-order valence-corrected chi connectivity index (χ1v) is 12.6. The van der Waals surface area contributed by atoms with Gasteiger partial charge in [0.25, 0.3) is 0 Å². The molecular formula is C31H24F8N2O. The van der Waals surface area contributed by atoms with Crippen LogP contribution in [0.3, 0.4) is 0 Å². The van der Waals surface area contributed by atoms with Crippen LogP contribution in [0.15, 0.2) is 97.2 Å². The Bertz CT molecular complexity index is 1520. The largest absolute Gasteiger partial charge is 0.416 e. The second kappa shape index (κ2) is 11.5. The summed E-state index contributed by atoms with van der Waals surface area (Å²) in [6.07, 6.45) is -9.50. The fraction of sp³-hybridized carbons (Fsp3) is 0.226. The van der Waals surface area contributed by atoms with Gasteiger partial charge >= 0.3 is 12.4 Å². The van der Waals surface area contributed by atoms with Crippen LogP contribution in [-0.4, -0.2) is 23.6 Å². The molecule has 1 amide bonds. The van der Waals surface area contributed by atoms with E-state index < -0.39 is 52.8 Å². The minimum Gasteiger partial charge on any atom is -0.354 e. The molecule has 220 valence electrons. The van der Waals surface area contributed by atoms with E-state index in [-0.39, 0.29) is 29.3 Å². The number of hydrogen-bond acceptors (Lipinski definition) is 2. The predicted molar refractivity (Wildman–Crippen MR) is 139 cm³/mol. The molecule has 0 saturated carbocycles. The van der Waals surface area contributed by atoms with E-state index in [1.54, 1.807) is 30.3 Å². The molecule has 0 saturated heterocycles. The Labute approximate surface area is 236 Å². The van der Waals surface area contributed by atoms with Crippen LogP contribution in [0.4, 0.5) is 35.1 Å². The maximum absolute atomic E-state index is 14.8. The van der Waals surface area contributed by atoms with Crippen LogP contribution in [0.1, 0.15) is 34.9 Å². The van der Waals surface area contributed by atoms with Gasteiger partial charge in [-0.1, -0.05) is 60.7 Å². The lowest BCUT2D eigenvalue weighted by Gasteiger charge is -2.37. The highest BCUT2D eigenvalue weighted by molar-refractivity contribution is 5.89. The molecule has 0 spiro atoms. The van der Waals surface area contributed by atoms with Crippen molar-refractivity contribution in [2.75, 3.05) is 6.54 Å². The molecule has 0 unspecified atom stereocenters. The van der Waals surface area contributed by atoms with Crippen molar-refractivity contribution in [2.45, 2.75) is 36.5 Å². The third-order valence-electron chi connectivity index (χ3n) is 7.27. The average Bonchev–Trinajstić information content (AvgIpc) is 2.94. The van der Waals surface area contributed by atoms with Crippen LogP contribution < -0.4 is 5.32 Å². The summed E-state index contributed by atoms with van der Waals surface area (Å²) in [5.41, 5.74) is -6.58. The second-order valence-corrected chi connectivity index (χ2v) is 10.0. The highest BCUT2D eigenvalue weighted by atomic mass is 19.4. The zero-order valence-electron chi connectivity index (χ0n) is 22.0. The van der Waals surface area contributed by atoms with Gasteiger partial charge in [-0.3, -0.25) is 9.78 Å². The number of halogens is 8. The summed E-state index contributed by atoms with van der Waals surface area (Å²) in [5.74, 6) is -3.55. The minimum atomic E-state index is -5.07. The van der Waals surface area contributed by atoms with E-state index in [1.807, 2.05) is 0 Å². The van der Waals surface area contributed by atoms with E-state index >= 15 is 0 Å². The quantitative estimate of drug-likeness (QED) is 0.215. The lowest BCUT2D eigenvalue weighted by atomic mass is 9.71. The fourth-order valence-electron chi connectivity index (χ4n) is 4.83. The minimum absolute atomic E-state index is 0.0970. The number of benzene rings is 3. The molecule has 0 aliphatic rings. The first-order chi connectivity index (χ1) is 19.7. The molecule has 2 atom stereocenters. The summed E-state index contributed by atoms with van der Waals surface area (Å²) in [6, 6.07) is 18.4. The molecule has 4 rings (SSSR count). The van der Waals surface area contributed by atoms with Crippen LogP contribution in [-0.2, 0) is 28.2 Å². The number of nitrogens with one attached hydrogen (secondary N) is 1. The normalized spacial score (nSPS) is 15.0. The highest BCUT2D eigenvalue weighted by Crippen LogP contribution is 2.43. The van der Waals surface area contributed by atoms with Crippen molar-refractivity contribution >= 4 is 5.91 Å². The summed E-state index contributed by atoms with van der Waals surface area (Å²) >= 11 is 0. The van der Waals surface area contributed by atoms with Gasteiger partial charge in [-0.2, -0.15) is 26.3 Å². The van der Waals surface area contributed by atoms with Crippen molar-refractivity contribution in [3.63, 3.8) is 0 Å². The molecule has 3 aromatic carbocycles. The number of aromatic nitrogens is 1. The Morgan fingerprint density at radius 2 is 1.33 bits per heavy atom. The van der Waals surface area contributed by atoms with Gasteiger partial charge in [-0.15, -0.1) is 0 Å².